The first-order valence-electron chi connectivity index (χ1n) is 7.78. The van der Waals surface area contributed by atoms with Gasteiger partial charge in [-0.3, -0.25) is 0 Å². The van der Waals surface area contributed by atoms with E-state index in [9.17, 15) is 0 Å². The number of aryl methyl sites for hydroxylation is 1. The quantitative estimate of drug-likeness (QED) is 0.912. The summed E-state index contributed by atoms with van der Waals surface area (Å²) in [6, 6.07) is 8.40. The van der Waals surface area contributed by atoms with Gasteiger partial charge in [0, 0.05) is 45.0 Å². The predicted octanol–water partition coefficient (Wildman–Crippen LogP) is 1.82. The minimum atomic E-state index is 0.614. The lowest BCUT2D eigenvalue weighted by molar-refractivity contribution is 0.307. The third kappa shape index (κ3) is 3.54. The van der Waals surface area contributed by atoms with E-state index in [1.54, 1.807) is 12.4 Å². The molecule has 0 spiro atoms. The Morgan fingerprint density at radius 1 is 1.14 bits per heavy atom. The van der Waals surface area contributed by atoms with Gasteiger partial charge in [0.2, 0.25) is 0 Å². The number of aromatic nitrogens is 2. The molecule has 1 N–H and O–H groups in total. The van der Waals surface area contributed by atoms with Gasteiger partial charge in [-0.2, -0.15) is 0 Å². The molecule has 3 rings (SSSR count). The Morgan fingerprint density at radius 3 is 2.73 bits per heavy atom. The van der Waals surface area contributed by atoms with Crippen molar-refractivity contribution < 1.29 is 4.74 Å². The number of anilines is 1. The normalized spacial score (nSPS) is 14.9. The second-order valence-electron chi connectivity index (χ2n) is 5.45. The fraction of sp³-hybridized carbons (Fsp3) is 0.412. The van der Waals surface area contributed by atoms with E-state index < -0.39 is 0 Å². The molecule has 116 valence electrons. The molecule has 1 aromatic heterocycles. The molecule has 1 aromatic carbocycles. The lowest BCUT2D eigenvalue weighted by Gasteiger charge is -2.29. The summed E-state index contributed by atoms with van der Waals surface area (Å²) in [6.07, 6.45) is 4.30. The average molecular weight is 298 g/mol. The van der Waals surface area contributed by atoms with Gasteiger partial charge in [-0.1, -0.05) is 24.3 Å². The van der Waals surface area contributed by atoms with Crippen LogP contribution < -0.4 is 15.0 Å². The Kier molecular flexibility index (Phi) is 4.85. The van der Waals surface area contributed by atoms with Gasteiger partial charge in [0.05, 0.1) is 6.61 Å². The van der Waals surface area contributed by atoms with Gasteiger partial charge in [-0.05, 0) is 18.1 Å². The van der Waals surface area contributed by atoms with Crippen molar-refractivity contribution in [3.63, 3.8) is 0 Å². The molecule has 1 aliphatic rings. The smallest absolute Gasteiger partial charge is 0.257 e. The molecular weight excluding hydrogens is 276 g/mol. The lowest BCUT2D eigenvalue weighted by atomic mass is 10.1. The molecule has 1 aliphatic heterocycles. The first kappa shape index (κ1) is 14.8. The van der Waals surface area contributed by atoms with Crippen LogP contribution in [-0.2, 0) is 6.42 Å². The maximum Gasteiger partial charge on any atom is 0.257 e. The molecular formula is C17H22N4O. The number of ether oxygens (including phenoxy) is 1. The summed E-state index contributed by atoms with van der Waals surface area (Å²) in [7, 11) is 0. The van der Waals surface area contributed by atoms with E-state index in [4.69, 9.17) is 4.74 Å². The van der Waals surface area contributed by atoms with Gasteiger partial charge < -0.3 is 15.0 Å². The number of rotatable bonds is 5. The van der Waals surface area contributed by atoms with Crippen molar-refractivity contribution in [3.8, 4) is 5.88 Å². The van der Waals surface area contributed by atoms with E-state index in [0.29, 0.717) is 12.5 Å². The van der Waals surface area contributed by atoms with Crippen molar-refractivity contribution in [2.24, 2.45) is 0 Å². The van der Waals surface area contributed by atoms with E-state index in [1.165, 1.54) is 11.1 Å². The third-order valence-electron chi connectivity index (χ3n) is 3.93. The molecule has 0 radical (unpaired) electrons. The van der Waals surface area contributed by atoms with Crippen molar-refractivity contribution in [1.82, 2.24) is 15.3 Å². The van der Waals surface area contributed by atoms with Gasteiger partial charge in [0.15, 0.2) is 5.82 Å². The van der Waals surface area contributed by atoms with Crippen LogP contribution in [0.2, 0.25) is 0 Å². The summed E-state index contributed by atoms with van der Waals surface area (Å²) in [6.45, 7) is 6.56. The van der Waals surface area contributed by atoms with E-state index in [-0.39, 0.29) is 0 Å². The standard InChI is InChI=1S/C17H22N4O/c1-14-4-2-3-5-15(14)6-13-22-17-16(19-7-8-20-17)21-11-9-18-10-12-21/h2-5,7-8,18H,6,9-13H2,1H3. The number of hydrogen-bond donors (Lipinski definition) is 1. The summed E-state index contributed by atoms with van der Waals surface area (Å²) < 4.78 is 5.91. The van der Waals surface area contributed by atoms with Crippen LogP contribution in [0.4, 0.5) is 5.82 Å². The van der Waals surface area contributed by atoms with Crippen LogP contribution in [0.5, 0.6) is 5.88 Å². The second kappa shape index (κ2) is 7.22. The van der Waals surface area contributed by atoms with Crippen LogP contribution in [0.15, 0.2) is 36.7 Å². The fourth-order valence-electron chi connectivity index (χ4n) is 2.66. The molecule has 0 aliphatic carbocycles. The Labute approximate surface area is 131 Å². The summed E-state index contributed by atoms with van der Waals surface area (Å²) in [5.74, 6) is 1.49. The first-order chi connectivity index (χ1) is 10.8. The minimum Gasteiger partial charge on any atom is -0.475 e. The average Bonchev–Trinajstić information content (AvgIpc) is 2.58. The molecule has 0 bridgehead atoms. The minimum absolute atomic E-state index is 0.614. The molecule has 2 heterocycles. The van der Waals surface area contributed by atoms with Gasteiger partial charge >= 0.3 is 0 Å². The highest BCUT2D eigenvalue weighted by atomic mass is 16.5. The zero-order valence-electron chi connectivity index (χ0n) is 13.0. The lowest BCUT2D eigenvalue weighted by Crippen LogP contribution is -2.44. The number of nitrogens with zero attached hydrogens (tertiary/aromatic N) is 3. The summed E-state index contributed by atoms with van der Waals surface area (Å²) >= 11 is 0. The van der Waals surface area contributed by atoms with Crippen molar-refractivity contribution >= 4 is 5.82 Å². The van der Waals surface area contributed by atoms with Gasteiger partial charge in [-0.25, -0.2) is 9.97 Å². The predicted molar refractivity (Wildman–Crippen MR) is 87.5 cm³/mol. The maximum absolute atomic E-state index is 5.91. The monoisotopic (exact) mass is 298 g/mol. The van der Waals surface area contributed by atoms with Crippen molar-refractivity contribution in [3.05, 3.63) is 47.8 Å². The van der Waals surface area contributed by atoms with Gasteiger partial charge in [0.25, 0.3) is 5.88 Å². The molecule has 0 unspecified atom stereocenters. The Morgan fingerprint density at radius 2 is 1.91 bits per heavy atom. The number of hydrogen-bond acceptors (Lipinski definition) is 5. The van der Waals surface area contributed by atoms with E-state index in [2.05, 4.69) is 51.4 Å². The zero-order valence-corrected chi connectivity index (χ0v) is 13.0. The Balaban J connectivity index is 1.64. The van der Waals surface area contributed by atoms with Gasteiger partial charge in [-0.15, -0.1) is 0 Å². The topological polar surface area (TPSA) is 50.3 Å². The van der Waals surface area contributed by atoms with Crippen LogP contribution in [0, 0.1) is 6.92 Å². The van der Waals surface area contributed by atoms with Crippen molar-refractivity contribution in [1.29, 1.82) is 0 Å². The fourth-order valence-corrected chi connectivity index (χ4v) is 2.66. The third-order valence-corrected chi connectivity index (χ3v) is 3.93. The molecule has 1 fully saturated rings. The molecule has 2 aromatic rings. The van der Waals surface area contributed by atoms with Crippen LogP contribution in [0.25, 0.3) is 0 Å². The number of nitrogens with one attached hydrogen (secondary N) is 1. The van der Waals surface area contributed by atoms with E-state index in [1.807, 2.05) is 0 Å². The molecule has 1 saturated heterocycles. The highest BCUT2D eigenvalue weighted by Gasteiger charge is 2.17. The van der Waals surface area contributed by atoms with Crippen LogP contribution in [0.3, 0.4) is 0 Å². The number of piperazine rings is 1. The first-order valence-corrected chi connectivity index (χ1v) is 7.78. The molecule has 22 heavy (non-hydrogen) atoms. The molecule has 5 nitrogen and oxygen atoms in total. The summed E-state index contributed by atoms with van der Waals surface area (Å²) in [4.78, 5) is 11.0. The molecule has 0 saturated carbocycles. The Bertz CT molecular complexity index is 611. The largest absolute Gasteiger partial charge is 0.475 e. The van der Waals surface area contributed by atoms with E-state index >= 15 is 0 Å². The molecule has 0 atom stereocenters. The second-order valence-corrected chi connectivity index (χ2v) is 5.45. The van der Waals surface area contributed by atoms with Crippen molar-refractivity contribution in [2.75, 3.05) is 37.7 Å². The van der Waals surface area contributed by atoms with Crippen molar-refractivity contribution in [2.45, 2.75) is 13.3 Å². The maximum atomic E-state index is 5.91. The highest BCUT2D eigenvalue weighted by Crippen LogP contribution is 2.23. The summed E-state index contributed by atoms with van der Waals surface area (Å²) in [5, 5.41) is 3.34. The van der Waals surface area contributed by atoms with E-state index in [0.717, 1.165) is 38.4 Å². The molecule has 5 heteroatoms. The van der Waals surface area contributed by atoms with Crippen LogP contribution in [-0.4, -0.2) is 42.8 Å². The SMILES string of the molecule is Cc1ccccc1CCOc1nccnc1N1CCNCC1. The van der Waals surface area contributed by atoms with Gasteiger partial charge in [0.1, 0.15) is 0 Å². The molecule has 0 amide bonds. The highest BCUT2D eigenvalue weighted by molar-refractivity contribution is 5.48. The number of benzene rings is 1. The van der Waals surface area contributed by atoms with Crippen LogP contribution >= 0.6 is 0 Å². The zero-order chi connectivity index (χ0) is 15.2. The Hall–Kier alpha value is -2.14. The summed E-state index contributed by atoms with van der Waals surface area (Å²) in [5.41, 5.74) is 2.61. The van der Waals surface area contributed by atoms with Crippen LogP contribution in [0.1, 0.15) is 11.1 Å².